The third-order valence-corrected chi connectivity index (χ3v) is 9.71. The monoisotopic (exact) mass is 374 g/mol. The minimum absolute atomic E-state index is 0.0512. The van der Waals surface area contributed by atoms with Crippen LogP contribution in [0, 0.1) is 0 Å². The molecule has 102 valence electrons. The molecular formula is C17H18O2Sn. The minimum atomic E-state index is -2.24. The number of hydrogen-bond acceptors (Lipinski definition) is 2. The topological polar surface area (TPSA) is 37.3 Å². The Morgan fingerprint density at radius 1 is 1.00 bits per heavy atom. The van der Waals surface area contributed by atoms with Crippen LogP contribution in [0.4, 0.5) is 0 Å². The van der Waals surface area contributed by atoms with Crippen LogP contribution in [-0.2, 0) is 6.61 Å². The van der Waals surface area contributed by atoms with E-state index in [9.17, 15) is 9.90 Å². The van der Waals surface area contributed by atoms with Crippen molar-refractivity contribution in [3.8, 4) is 11.1 Å². The van der Waals surface area contributed by atoms with Gasteiger partial charge in [-0.2, -0.15) is 0 Å². The molecular weight excluding hydrogens is 355 g/mol. The van der Waals surface area contributed by atoms with Crippen LogP contribution in [0.2, 0.25) is 14.8 Å². The zero-order valence-corrected chi connectivity index (χ0v) is 14.9. The van der Waals surface area contributed by atoms with Crippen molar-refractivity contribution in [2.45, 2.75) is 21.4 Å². The summed E-state index contributed by atoms with van der Waals surface area (Å²) in [6.45, 7) is -0.0716. The summed E-state index contributed by atoms with van der Waals surface area (Å²) in [5.74, 6) is 0.0512. The summed E-state index contributed by atoms with van der Waals surface area (Å²) in [4.78, 5) is 19.6. The van der Waals surface area contributed by atoms with E-state index < -0.39 is 18.4 Å². The number of carbonyl (C=O) groups excluding carboxylic acids is 1. The predicted molar refractivity (Wildman–Crippen MR) is 84.2 cm³/mol. The first-order chi connectivity index (χ1) is 9.43. The third-order valence-electron chi connectivity index (χ3n) is 3.95. The molecule has 0 amide bonds. The Bertz CT molecular complexity index is 711. The number of hydrogen-bond donors (Lipinski definition) is 1. The van der Waals surface area contributed by atoms with Crippen molar-refractivity contribution in [1.29, 1.82) is 0 Å². The Morgan fingerprint density at radius 2 is 1.65 bits per heavy atom. The van der Waals surface area contributed by atoms with Gasteiger partial charge in [-0.3, -0.25) is 0 Å². The normalized spacial score (nSPS) is 13.3. The quantitative estimate of drug-likeness (QED) is 0.702. The summed E-state index contributed by atoms with van der Waals surface area (Å²) in [5.41, 5.74) is 4.27. The SMILES string of the molecule is [CH3][Sn]([CH3])([CH3])[c]1cc(CO)c2c(c1)-c1ccccc1C2=O. The maximum atomic E-state index is 12.5. The van der Waals surface area contributed by atoms with Gasteiger partial charge in [0.25, 0.3) is 0 Å². The van der Waals surface area contributed by atoms with Gasteiger partial charge in [0.1, 0.15) is 0 Å². The summed E-state index contributed by atoms with van der Waals surface area (Å²) in [6.07, 6.45) is 0. The Hall–Kier alpha value is -1.13. The average molecular weight is 373 g/mol. The molecule has 0 saturated heterocycles. The number of aliphatic hydroxyl groups excluding tert-OH is 1. The van der Waals surface area contributed by atoms with E-state index in [0.29, 0.717) is 5.56 Å². The van der Waals surface area contributed by atoms with Gasteiger partial charge in [-0.05, 0) is 0 Å². The molecule has 3 heteroatoms. The van der Waals surface area contributed by atoms with E-state index in [1.54, 1.807) is 0 Å². The fourth-order valence-corrected chi connectivity index (χ4v) is 6.17. The van der Waals surface area contributed by atoms with Crippen molar-refractivity contribution in [2.75, 3.05) is 0 Å². The molecule has 0 aromatic heterocycles. The average Bonchev–Trinajstić information content (AvgIpc) is 2.71. The Balaban J connectivity index is 2.34. The van der Waals surface area contributed by atoms with E-state index in [2.05, 4.69) is 27.0 Å². The van der Waals surface area contributed by atoms with Crippen LogP contribution in [0.25, 0.3) is 11.1 Å². The molecule has 2 nitrogen and oxygen atoms in total. The number of rotatable bonds is 2. The van der Waals surface area contributed by atoms with E-state index in [4.69, 9.17) is 0 Å². The summed E-state index contributed by atoms with van der Waals surface area (Å²) >= 11 is -2.24. The standard InChI is InChI=1S/C14H9O2.3CH3.Sn/c15-8-9-4-3-7-11-10-5-1-2-6-12(10)14(16)13(9)11;;;;/h1-2,4-7,15H,8H2;3*1H3;. The zero-order chi connectivity index (χ0) is 14.5. The van der Waals surface area contributed by atoms with Crippen LogP contribution in [0.5, 0.6) is 0 Å². The third kappa shape index (κ3) is 2.02. The maximum absolute atomic E-state index is 12.5. The molecule has 20 heavy (non-hydrogen) atoms. The molecule has 1 aliphatic carbocycles. The van der Waals surface area contributed by atoms with Gasteiger partial charge in [-0.1, -0.05) is 0 Å². The molecule has 0 bridgehead atoms. The first kappa shape index (κ1) is 13.8. The molecule has 0 aliphatic heterocycles. The van der Waals surface area contributed by atoms with Crippen LogP contribution in [-0.4, -0.2) is 29.3 Å². The molecule has 2 aromatic carbocycles. The van der Waals surface area contributed by atoms with Crippen molar-refractivity contribution in [3.05, 3.63) is 53.1 Å². The van der Waals surface area contributed by atoms with Gasteiger partial charge in [-0.15, -0.1) is 0 Å². The van der Waals surface area contributed by atoms with Gasteiger partial charge >= 0.3 is 123 Å². The summed E-state index contributed by atoms with van der Waals surface area (Å²) in [6, 6.07) is 12.0. The van der Waals surface area contributed by atoms with Gasteiger partial charge in [0.2, 0.25) is 0 Å². The van der Waals surface area contributed by atoms with Crippen LogP contribution in [0.1, 0.15) is 21.5 Å². The zero-order valence-electron chi connectivity index (χ0n) is 12.0. The van der Waals surface area contributed by atoms with Gasteiger partial charge in [0, 0.05) is 0 Å². The molecule has 0 unspecified atom stereocenters. The number of benzene rings is 2. The number of ketones is 1. The van der Waals surface area contributed by atoms with E-state index in [0.717, 1.165) is 22.3 Å². The number of fused-ring (bicyclic) bond motifs is 3. The van der Waals surface area contributed by atoms with Gasteiger partial charge in [0.05, 0.1) is 0 Å². The first-order valence-electron chi connectivity index (χ1n) is 6.86. The van der Waals surface area contributed by atoms with E-state index in [1.807, 2.05) is 24.3 Å². The molecule has 3 rings (SSSR count). The van der Waals surface area contributed by atoms with Crippen molar-refractivity contribution in [1.82, 2.24) is 0 Å². The predicted octanol–water partition coefficient (Wildman–Crippen LogP) is 2.94. The second-order valence-corrected chi connectivity index (χ2v) is 20.8. The van der Waals surface area contributed by atoms with Crippen LogP contribution in [0.3, 0.4) is 0 Å². The van der Waals surface area contributed by atoms with Crippen LogP contribution < -0.4 is 3.58 Å². The molecule has 1 N–H and O–H groups in total. The van der Waals surface area contributed by atoms with E-state index in [1.165, 1.54) is 3.58 Å². The molecule has 0 fully saturated rings. The fraction of sp³-hybridized carbons (Fsp3) is 0.235. The fourth-order valence-electron chi connectivity index (χ4n) is 2.79. The second-order valence-electron chi connectivity index (χ2n) is 6.34. The second kappa shape index (κ2) is 4.71. The van der Waals surface area contributed by atoms with Gasteiger partial charge < -0.3 is 0 Å². The molecule has 0 heterocycles. The summed E-state index contributed by atoms with van der Waals surface area (Å²) in [7, 11) is 0. The summed E-state index contributed by atoms with van der Waals surface area (Å²) < 4.78 is 1.35. The van der Waals surface area contributed by atoms with Crippen molar-refractivity contribution in [2.24, 2.45) is 0 Å². The van der Waals surface area contributed by atoms with Gasteiger partial charge in [0.15, 0.2) is 0 Å². The Morgan fingerprint density at radius 3 is 2.25 bits per heavy atom. The van der Waals surface area contributed by atoms with Crippen molar-refractivity contribution in [3.63, 3.8) is 0 Å². The Kier molecular flexibility index (Phi) is 3.26. The van der Waals surface area contributed by atoms with E-state index in [-0.39, 0.29) is 12.4 Å². The molecule has 1 aliphatic rings. The van der Waals surface area contributed by atoms with Crippen molar-refractivity contribution < 1.29 is 9.90 Å². The molecule has 0 atom stereocenters. The molecule has 0 saturated carbocycles. The van der Waals surface area contributed by atoms with Crippen molar-refractivity contribution >= 4 is 27.7 Å². The first-order valence-corrected chi connectivity index (χ1v) is 16.8. The Labute approximate surface area is 123 Å². The molecule has 0 radical (unpaired) electrons. The molecule has 2 aromatic rings. The van der Waals surface area contributed by atoms with Crippen LogP contribution in [0.15, 0.2) is 36.4 Å². The number of aliphatic hydroxyl groups is 1. The summed E-state index contributed by atoms with van der Waals surface area (Å²) in [5, 5.41) is 9.66. The van der Waals surface area contributed by atoms with Crippen LogP contribution >= 0.6 is 0 Å². The van der Waals surface area contributed by atoms with E-state index >= 15 is 0 Å². The number of carbonyl (C=O) groups is 1. The van der Waals surface area contributed by atoms with Gasteiger partial charge in [-0.25, -0.2) is 0 Å². The molecule has 0 spiro atoms.